The van der Waals surface area contributed by atoms with Gasteiger partial charge in [-0.1, -0.05) is 17.7 Å². The van der Waals surface area contributed by atoms with E-state index in [0.717, 1.165) is 5.56 Å². The van der Waals surface area contributed by atoms with Crippen LogP contribution in [0.15, 0.2) is 45.9 Å². The summed E-state index contributed by atoms with van der Waals surface area (Å²) in [6, 6.07) is 6.46. The zero-order valence-corrected chi connectivity index (χ0v) is 10.6. The lowest BCUT2D eigenvalue weighted by molar-refractivity contribution is 0.593. The van der Waals surface area contributed by atoms with Gasteiger partial charge in [-0.2, -0.15) is 0 Å². The van der Waals surface area contributed by atoms with Gasteiger partial charge in [0.1, 0.15) is 5.84 Å². The lowest BCUT2D eigenvalue weighted by Gasteiger charge is -2.18. The SMILES string of the molecule is Cc1ccc(S(=O)(=O)C2C(=N)N=CC=C2N)cc1. The Morgan fingerprint density at radius 2 is 1.89 bits per heavy atom. The number of nitrogens with zero attached hydrogens (tertiary/aromatic N) is 1. The van der Waals surface area contributed by atoms with Crippen molar-refractivity contribution in [2.24, 2.45) is 10.7 Å². The zero-order chi connectivity index (χ0) is 13.3. The van der Waals surface area contributed by atoms with Crippen molar-refractivity contribution in [3.05, 3.63) is 41.6 Å². The van der Waals surface area contributed by atoms with Crippen LogP contribution < -0.4 is 5.73 Å². The molecule has 1 aliphatic heterocycles. The van der Waals surface area contributed by atoms with Gasteiger partial charge in [0.15, 0.2) is 15.1 Å². The Balaban J connectivity index is 2.49. The summed E-state index contributed by atoms with van der Waals surface area (Å²) in [6.45, 7) is 1.87. The summed E-state index contributed by atoms with van der Waals surface area (Å²) in [6.07, 6.45) is 2.74. The highest BCUT2D eigenvalue weighted by Crippen LogP contribution is 2.22. The number of sulfone groups is 1. The average Bonchev–Trinajstić information content (AvgIpc) is 2.29. The molecule has 1 aromatic rings. The summed E-state index contributed by atoms with van der Waals surface area (Å²) in [5.41, 5.74) is 6.76. The van der Waals surface area contributed by atoms with Gasteiger partial charge in [0.25, 0.3) is 0 Å². The van der Waals surface area contributed by atoms with Crippen molar-refractivity contribution in [2.75, 3.05) is 0 Å². The van der Waals surface area contributed by atoms with E-state index in [1.807, 2.05) is 6.92 Å². The molecule has 0 spiro atoms. The van der Waals surface area contributed by atoms with Crippen LogP contribution in [0.25, 0.3) is 0 Å². The van der Waals surface area contributed by atoms with Gasteiger partial charge in [0.2, 0.25) is 0 Å². The van der Waals surface area contributed by atoms with Crippen LogP contribution in [0.4, 0.5) is 0 Å². The summed E-state index contributed by atoms with van der Waals surface area (Å²) >= 11 is 0. The molecule has 0 radical (unpaired) electrons. The lowest BCUT2D eigenvalue weighted by Crippen LogP contribution is -2.36. The monoisotopic (exact) mass is 263 g/mol. The molecule has 1 heterocycles. The predicted octanol–water partition coefficient (Wildman–Crippen LogP) is 1.04. The zero-order valence-electron chi connectivity index (χ0n) is 9.79. The summed E-state index contributed by atoms with van der Waals surface area (Å²) in [5, 5.41) is 6.44. The maximum Gasteiger partial charge on any atom is 0.194 e. The van der Waals surface area contributed by atoms with Gasteiger partial charge < -0.3 is 5.73 Å². The van der Waals surface area contributed by atoms with Crippen LogP contribution in [0.3, 0.4) is 0 Å². The smallest absolute Gasteiger partial charge is 0.194 e. The molecule has 0 amide bonds. The standard InChI is InChI=1S/C12H13N3O2S/c1-8-2-4-9(5-3-8)18(16,17)11-10(13)6-7-15-12(11)14/h2-7,11,14H,13H2,1H3. The second-order valence-electron chi connectivity index (χ2n) is 4.07. The molecule has 2 rings (SSSR count). The number of amidine groups is 1. The van der Waals surface area contributed by atoms with E-state index in [4.69, 9.17) is 11.1 Å². The highest BCUT2D eigenvalue weighted by molar-refractivity contribution is 7.93. The van der Waals surface area contributed by atoms with E-state index in [1.54, 1.807) is 12.1 Å². The number of nitrogens with one attached hydrogen (secondary N) is 1. The minimum Gasteiger partial charge on any atom is -0.401 e. The Morgan fingerprint density at radius 1 is 1.28 bits per heavy atom. The number of nitrogens with two attached hydrogens (primary N) is 1. The van der Waals surface area contributed by atoms with Crippen LogP contribution >= 0.6 is 0 Å². The molecule has 94 valence electrons. The minimum atomic E-state index is -3.71. The number of hydrogen-bond acceptors (Lipinski definition) is 4. The molecule has 5 nitrogen and oxygen atoms in total. The number of aliphatic imine (C=N–C) groups is 1. The van der Waals surface area contributed by atoms with E-state index in [9.17, 15) is 8.42 Å². The summed E-state index contributed by atoms with van der Waals surface area (Å²) in [5.74, 6) is -0.254. The molecule has 0 saturated heterocycles. The van der Waals surface area contributed by atoms with E-state index >= 15 is 0 Å². The Labute approximate surface area is 105 Å². The molecule has 0 saturated carbocycles. The molecule has 0 aliphatic carbocycles. The first-order valence-corrected chi connectivity index (χ1v) is 6.86. The summed E-state index contributed by atoms with van der Waals surface area (Å²) in [7, 11) is -3.71. The van der Waals surface area contributed by atoms with Crippen LogP contribution in [0.5, 0.6) is 0 Å². The Bertz CT molecular complexity index is 642. The van der Waals surface area contributed by atoms with Gasteiger partial charge in [-0.3, -0.25) is 5.41 Å². The predicted molar refractivity (Wildman–Crippen MR) is 70.6 cm³/mol. The van der Waals surface area contributed by atoms with E-state index in [-0.39, 0.29) is 16.4 Å². The Hall–Kier alpha value is -1.95. The van der Waals surface area contributed by atoms with Crippen molar-refractivity contribution >= 4 is 21.9 Å². The Morgan fingerprint density at radius 3 is 2.44 bits per heavy atom. The minimum absolute atomic E-state index is 0.121. The molecule has 1 aromatic carbocycles. The lowest BCUT2D eigenvalue weighted by atomic mass is 10.2. The molecule has 1 aliphatic rings. The van der Waals surface area contributed by atoms with Gasteiger partial charge in [0.05, 0.1) is 4.90 Å². The van der Waals surface area contributed by atoms with E-state index in [2.05, 4.69) is 4.99 Å². The van der Waals surface area contributed by atoms with Crippen molar-refractivity contribution in [1.82, 2.24) is 0 Å². The van der Waals surface area contributed by atoms with E-state index in [0.29, 0.717) is 0 Å². The highest BCUT2D eigenvalue weighted by Gasteiger charge is 2.34. The maximum atomic E-state index is 12.4. The van der Waals surface area contributed by atoms with Gasteiger partial charge in [0, 0.05) is 11.9 Å². The first-order valence-electron chi connectivity index (χ1n) is 5.31. The molecule has 0 bridgehead atoms. The van der Waals surface area contributed by atoms with Gasteiger partial charge in [-0.15, -0.1) is 0 Å². The number of allylic oxidation sites excluding steroid dienone is 1. The topological polar surface area (TPSA) is 96.4 Å². The van der Waals surface area contributed by atoms with Gasteiger partial charge in [-0.25, -0.2) is 13.4 Å². The van der Waals surface area contributed by atoms with Gasteiger partial charge >= 0.3 is 0 Å². The summed E-state index contributed by atoms with van der Waals surface area (Å²) < 4.78 is 24.8. The van der Waals surface area contributed by atoms with Crippen molar-refractivity contribution < 1.29 is 8.42 Å². The van der Waals surface area contributed by atoms with Crippen LogP contribution in [0, 0.1) is 12.3 Å². The second-order valence-corrected chi connectivity index (χ2v) is 6.10. The number of aryl methyl sites for hydroxylation is 1. The normalized spacial score (nSPS) is 19.7. The van der Waals surface area contributed by atoms with Crippen molar-refractivity contribution in [1.29, 1.82) is 5.41 Å². The fourth-order valence-corrected chi connectivity index (χ4v) is 3.29. The third-order valence-electron chi connectivity index (χ3n) is 2.69. The molecule has 1 unspecified atom stereocenters. The van der Waals surface area contributed by atoms with E-state index in [1.165, 1.54) is 24.4 Å². The van der Waals surface area contributed by atoms with Crippen molar-refractivity contribution in [2.45, 2.75) is 17.1 Å². The number of hydrogen-bond donors (Lipinski definition) is 2. The van der Waals surface area contributed by atoms with Crippen molar-refractivity contribution in [3.63, 3.8) is 0 Å². The average molecular weight is 263 g/mol. The molecule has 0 fully saturated rings. The van der Waals surface area contributed by atoms with Crippen LogP contribution in [-0.2, 0) is 9.84 Å². The van der Waals surface area contributed by atoms with Crippen LogP contribution in [0.1, 0.15) is 5.56 Å². The van der Waals surface area contributed by atoms with Crippen molar-refractivity contribution in [3.8, 4) is 0 Å². The highest BCUT2D eigenvalue weighted by atomic mass is 32.2. The molecular weight excluding hydrogens is 250 g/mol. The van der Waals surface area contributed by atoms with Gasteiger partial charge in [-0.05, 0) is 25.1 Å². The fourth-order valence-electron chi connectivity index (χ4n) is 1.71. The van der Waals surface area contributed by atoms with E-state index < -0.39 is 15.1 Å². The first kappa shape index (κ1) is 12.5. The fraction of sp³-hybridized carbons (Fsp3) is 0.167. The van der Waals surface area contributed by atoms with Crippen LogP contribution in [0.2, 0.25) is 0 Å². The summed E-state index contributed by atoms with van der Waals surface area (Å²) in [4.78, 5) is 3.84. The largest absolute Gasteiger partial charge is 0.401 e. The third-order valence-corrected chi connectivity index (χ3v) is 4.74. The molecule has 6 heteroatoms. The molecule has 3 N–H and O–H groups in total. The Kier molecular flexibility index (Phi) is 3.04. The number of benzene rings is 1. The molecular formula is C12H13N3O2S. The quantitative estimate of drug-likeness (QED) is 0.834. The second kappa shape index (κ2) is 4.38. The molecule has 0 aromatic heterocycles. The third kappa shape index (κ3) is 2.06. The van der Waals surface area contributed by atoms with Crippen LogP contribution in [-0.4, -0.2) is 25.7 Å². The number of rotatable bonds is 2. The molecule has 1 atom stereocenters. The molecule has 18 heavy (non-hydrogen) atoms. The maximum absolute atomic E-state index is 12.4. The number of dihydropyridines is 1. The first-order chi connectivity index (χ1) is 8.43.